The van der Waals surface area contributed by atoms with E-state index in [-0.39, 0.29) is 18.0 Å². The Labute approximate surface area is 109 Å². The molecule has 0 radical (unpaired) electrons. The molecule has 0 atom stereocenters. The SMILES string of the molecule is Cc1cc(C)n(Cc2cc(C(=O)O)oc2C)c(=O)n1. The van der Waals surface area contributed by atoms with Gasteiger partial charge in [0.25, 0.3) is 0 Å². The van der Waals surface area contributed by atoms with Crippen molar-refractivity contribution in [2.75, 3.05) is 0 Å². The number of aromatic carboxylic acids is 1. The molecule has 0 aliphatic rings. The van der Waals surface area contributed by atoms with Gasteiger partial charge in [-0.25, -0.2) is 9.59 Å². The second-order valence-corrected chi connectivity index (χ2v) is 4.40. The Morgan fingerprint density at radius 3 is 2.58 bits per heavy atom. The van der Waals surface area contributed by atoms with Crippen molar-refractivity contribution >= 4 is 5.97 Å². The number of hydrogen-bond acceptors (Lipinski definition) is 4. The van der Waals surface area contributed by atoms with Gasteiger partial charge in [-0.05, 0) is 32.9 Å². The number of aryl methyl sites for hydroxylation is 3. The fourth-order valence-electron chi connectivity index (χ4n) is 1.92. The van der Waals surface area contributed by atoms with Crippen molar-refractivity contribution < 1.29 is 14.3 Å². The van der Waals surface area contributed by atoms with Crippen molar-refractivity contribution in [2.24, 2.45) is 0 Å². The molecule has 6 nitrogen and oxygen atoms in total. The average molecular weight is 262 g/mol. The molecule has 0 bridgehead atoms. The number of rotatable bonds is 3. The summed E-state index contributed by atoms with van der Waals surface area (Å²) in [6.45, 7) is 5.48. The van der Waals surface area contributed by atoms with Crippen molar-refractivity contribution in [2.45, 2.75) is 27.3 Å². The fourth-order valence-corrected chi connectivity index (χ4v) is 1.92. The summed E-state index contributed by atoms with van der Waals surface area (Å²) in [6.07, 6.45) is 0. The predicted molar refractivity (Wildman–Crippen MR) is 67.5 cm³/mol. The van der Waals surface area contributed by atoms with Crippen LogP contribution < -0.4 is 5.69 Å². The molecule has 1 N–H and O–H groups in total. The van der Waals surface area contributed by atoms with Crippen molar-refractivity contribution in [1.29, 1.82) is 0 Å². The van der Waals surface area contributed by atoms with E-state index in [1.165, 1.54) is 10.6 Å². The Kier molecular flexibility index (Phi) is 3.25. The van der Waals surface area contributed by atoms with Crippen LogP contribution in [-0.2, 0) is 6.54 Å². The molecule has 2 heterocycles. The topological polar surface area (TPSA) is 85.3 Å². The summed E-state index contributed by atoms with van der Waals surface area (Å²) in [5, 5.41) is 8.86. The van der Waals surface area contributed by atoms with E-state index in [1.807, 2.05) is 6.92 Å². The first-order valence-corrected chi connectivity index (χ1v) is 5.76. The number of furan rings is 1. The quantitative estimate of drug-likeness (QED) is 0.906. The standard InChI is InChI=1S/C13H14N2O4/c1-7-4-8(2)15(13(18)14-7)6-10-5-11(12(16)17)19-9(10)3/h4-5H,6H2,1-3H3,(H,16,17). The van der Waals surface area contributed by atoms with E-state index in [0.717, 1.165) is 5.69 Å². The Morgan fingerprint density at radius 2 is 2.05 bits per heavy atom. The maximum atomic E-state index is 11.8. The summed E-state index contributed by atoms with van der Waals surface area (Å²) in [5.41, 5.74) is 1.74. The highest BCUT2D eigenvalue weighted by Crippen LogP contribution is 2.16. The highest BCUT2D eigenvalue weighted by molar-refractivity contribution is 5.84. The summed E-state index contributed by atoms with van der Waals surface area (Å²) in [7, 11) is 0. The van der Waals surface area contributed by atoms with Gasteiger partial charge in [-0.15, -0.1) is 0 Å². The minimum atomic E-state index is -1.12. The van der Waals surface area contributed by atoms with E-state index in [1.54, 1.807) is 19.9 Å². The van der Waals surface area contributed by atoms with Gasteiger partial charge < -0.3 is 9.52 Å². The minimum absolute atomic E-state index is 0.127. The van der Waals surface area contributed by atoms with E-state index in [2.05, 4.69) is 4.98 Å². The van der Waals surface area contributed by atoms with Crippen molar-refractivity contribution in [3.05, 3.63) is 51.1 Å². The van der Waals surface area contributed by atoms with E-state index >= 15 is 0 Å². The number of carboxylic acid groups (broad SMARTS) is 1. The average Bonchev–Trinajstić information content (AvgIpc) is 2.65. The molecule has 6 heteroatoms. The van der Waals surface area contributed by atoms with Gasteiger partial charge >= 0.3 is 11.7 Å². The monoisotopic (exact) mass is 262 g/mol. The largest absolute Gasteiger partial charge is 0.475 e. The van der Waals surface area contributed by atoms with E-state index < -0.39 is 5.97 Å². The van der Waals surface area contributed by atoms with Gasteiger partial charge in [-0.1, -0.05) is 0 Å². The molecule has 19 heavy (non-hydrogen) atoms. The first kappa shape index (κ1) is 13.1. The lowest BCUT2D eigenvalue weighted by atomic mass is 10.2. The lowest BCUT2D eigenvalue weighted by Gasteiger charge is -2.08. The summed E-state index contributed by atoms with van der Waals surface area (Å²) < 4.78 is 6.60. The number of carboxylic acids is 1. The maximum Gasteiger partial charge on any atom is 0.371 e. The summed E-state index contributed by atoms with van der Waals surface area (Å²) in [4.78, 5) is 26.5. The first-order chi connectivity index (χ1) is 8.88. The number of carbonyl (C=O) groups is 1. The van der Waals surface area contributed by atoms with Crippen LogP contribution in [0.25, 0.3) is 0 Å². The van der Waals surface area contributed by atoms with Crippen LogP contribution in [0.15, 0.2) is 21.3 Å². The molecule has 0 unspecified atom stereocenters. The van der Waals surface area contributed by atoms with Gasteiger partial charge in [0, 0.05) is 17.0 Å². The zero-order chi connectivity index (χ0) is 14.2. The van der Waals surface area contributed by atoms with Crippen LogP contribution in [0.2, 0.25) is 0 Å². The zero-order valence-corrected chi connectivity index (χ0v) is 10.9. The molecule has 2 aromatic rings. The number of hydrogen-bond donors (Lipinski definition) is 1. The lowest BCUT2D eigenvalue weighted by Crippen LogP contribution is -2.26. The molecule has 0 amide bonds. The second kappa shape index (κ2) is 4.72. The summed E-state index contributed by atoms with van der Waals surface area (Å²) in [5.74, 6) is -0.761. The third-order valence-corrected chi connectivity index (χ3v) is 2.91. The smallest absolute Gasteiger partial charge is 0.371 e. The Balaban J connectivity index is 2.42. The molecule has 100 valence electrons. The molecule has 2 aromatic heterocycles. The van der Waals surface area contributed by atoms with Crippen LogP contribution >= 0.6 is 0 Å². The second-order valence-electron chi connectivity index (χ2n) is 4.40. The normalized spacial score (nSPS) is 10.7. The number of aromatic nitrogens is 2. The van der Waals surface area contributed by atoms with Crippen LogP contribution in [0.5, 0.6) is 0 Å². The fraction of sp³-hybridized carbons (Fsp3) is 0.308. The number of nitrogens with zero attached hydrogens (tertiary/aromatic N) is 2. The summed E-state index contributed by atoms with van der Waals surface area (Å²) in [6, 6.07) is 3.23. The molecule has 0 fully saturated rings. The first-order valence-electron chi connectivity index (χ1n) is 5.76. The highest BCUT2D eigenvalue weighted by atomic mass is 16.4. The molecular weight excluding hydrogens is 248 g/mol. The molecule has 0 spiro atoms. The maximum absolute atomic E-state index is 11.8. The van der Waals surface area contributed by atoms with Gasteiger partial charge in [0.2, 0.25) is 5.76 Å². The molecule has 0 aliphatic carbocycles. The summed E-state index contributed by atoms with van der Waals surface area (Å²) >= 11 is 0. The Morgan fingerprint density at radius 1 is 1.37 bits per heavy atom. The van der Waals surface area contributed by atoms with E-state index in [9.17, 15) is 9.59 Å². The van der Waals surface area contributed by atoms with Gasteiger partial charge in [0.1, 0.15) is 5.76 Å². The van der Waals surface area contributed by atoms with Crippen LogP contribution in [0.1, 0.15) is 33.3 Å². The van der Waals surface area contributed by atoms with Crippen LogP contribution in [0, 0.1) is 20.8 Å². The van der Waals surface area contributed by atoms with Gasteiger partial charge in [-0.2, -0.15) is 4.98 Å². The van der Waals surface area contributed by atoms with E-state index in [4.69, 9.17) is 9.52 Å². The van der Waals surface area contributed by atoms with Gasteiger partial charge in [-0.3, -0.25) is 4.57 Å². The van der Waals surface area contributed by atoms with Crippen molar-refractivity contribution in [1.82, 2.24) is 9.55 Å². The van der Waals surface area contributed by atoms with Crippen LogP contribution in [0.4, 0.5) is 0 Å². The molecular formula is C13H14N2O4. The Bertz CT molecular complexity index is 697. The van der Waals surface area contributed by atoms with Gasteiger partial charge in [0.05, 0.1) is 6.54 Å². The van der Waals surface area contributed by atoms with E-state index in [0.29, 0.717) is 17.0 Å². The van der Waals surface area contributed by atoms with Crippen molar-refractivity contribution in [3.63, 3.8) is 0 Å². The molecule has 2 rings (SSSR count). The van der Waals surface area contributed by atoms with Gasteiger partial charge in [0.15, 0.2) is 0 Å². The highest BCUT2D eigenvalue weighted by Gasteiger charge is 2.14. The third-order valence-electron chi connectivity index (χ3n) is 2.91. The zero-order valence-electron chi connectivity index (χ0n) is 10.9. The van der Waals surface area contributed by atoms with Crippen LogP contribution in [-0.4, -0.2) is 20.6 Å². The van der Waals surface area contributed by atoms with Crippen LogP contribution in [0.3, 0.4) is 0 Å². The Hall–Kier alpha value is -2.37. The molecule has 0 aromatic carbocycles. The minimum Gasteiger partial charge on any atom is -0.475 e. The lowest BCUT2D eigenvalue weighted by molar-refractivity contribution is 0.0661. The molecule has 0 saturated carbocycles. The molecule has 0 saturated heterocycles. The van der Waals surface area contributed by atoms with Crippen molar-refractivity contribution in [3.8, 4) is 0 Å². The molecule has 0 aliphatic heterocycles. The third kappa shape index (κ3) is 2.57. The predicted octanol–water partition coefficient (Wildman–Crippen LogP) is 1.51.